The topological polar surface area (TPSA) is 89.5 Å². The third-order valence-corrected chi connectivity index (χ3v) is 4.35. The Hall–Kier alpha value is -3.56. The number of benzene rings is 1. The van der Waals surface area contributed by atoms with E-state index in [2.05, 4.69) is 9.97 Å². The zero-order chi connectivity index (χ0) is 21.5. The Morgan fingerprint density at radius 3 is 2.24 bits per heavy atom. The Balaban J connectivity index is 2.03. The Bertz CT molecular complexity index is 1090. The average molecular weight is 406 g/mol. The molecule has 3 aromatic rings. The minimum atomic E-state index is -4.53. The molecule has 0 aliphatic carbocycles. The van der Waals surface area contributed by atoms with Gasteiger partial charge in [-0.1, -0.05) is 12.1 Å². The summed E-state index contributed by atoms with van der Waals surface area (Å²) in [4.78, 5) is 31.9. The Morgan fingerprint density at radius 2 is 1.72 bits per heavy atom. The summed E-state index contributed by atoms with van der Waals surface area (Å²) < 4.78 is 40.1. The molecule has 1 aromatic carbocycles. The van der Waals surface area contributed by atoms with E-state index in [1.165, 1.54) is 57.5 Å². The van der Waals surface area contributed by atoms with E-state index in [0.717, 1.165) is 4.90 Å². The maximum absolute atomic E-state index is 13.4. The number of alkyl halides is 3. The van der Waals surface area contributed by atoms with Gasteiger partial charge in [0.15, 0.2) is 0 Å². The normalized spacial score (nSPS) is 11.5. The molecular weight excluding hydrogens is 389 g/mol. The number of amides is 3. The smallest absolute Gasteiger partial charge is 0.420 e. The van der Waals surface area contributed by atoms with Crippen LogP contribution >= 0.6 is 0 Å². The van der Waals surface area contributed by atoms with Crippen molar-refractivity contribution in [2.75, 3.05) is 19.0 Å². The van der Waals surface area contributed by atoms with E-state index in [4.69, 9.17) is 0 Å². The molecule has 0 unspecified atom stereocenters. The maximum Gasteiger partial charge on any atom is 0.420 e. The van der Waals surface area contributed by atoms with Gasteiger partial charge >= 0.3 is 18.3 Å². The fourth-order valence-corrected chi connectivity index (χ4v) is 3.03. The average Bonchev–Trinajstić information content (AvgIpc) is 2.97. The van der Waals surface area contributed by atoms with Crippen molar-refractivity contribution in [3.05, 3.63) is 47.8 Å². The molecule has 0 saturated heterocycles. The molecule has 10 heteroatoms. The standard InChI is InChI=1S/C19H17F3N4O3/c1-10-15(19(20,21)22)14-8-12(9-23-16(14)24-10)11-4-6-13(7-5-11)26(18(28)29)17(27)25(2)3/h4-9H,1-3H3,(H,23,24)(H,28,29). The first-order chi connectivity index (χ1) is 13.5. The van der Waals surface area contributed by atoms with Crippen LogP contribution in [0.3, 0.4) is 0 Å². The number of nitrogens with zero attached hydrogens (tertiary/aromatic N) is 3. The molecule has 0 aliphatic heterocycles. The zero-order valence-corrected chi connectivity index (χ0v) is 15.7. The highest BCUT2D eigenvalue weighted by molar-refractivity contribution is 6.10. The van der Waals surface area contributed by atoms with Crippen LogP contribution in [-0.2, 0) is 6.18 Å². The first-order valence-electron chi connectivity index (χ1n) is 8.41. The molecule has 152 valence electrons. The van der Waals surface area contributed by atoms with Crippen LogP contribution in [0.4, 0.5) is 28.4 Å². The number of halogens is 3. The number of imide groups is 1. The van der Waals surface area contributed by atoms with Gasteiger partial charge in [-0.3, -0.25) is 0 Å². The third-order valence-electron chi connectivity index (χ3n) is 4.35. The lowest BCUT2D eigenvalue weighted by molar-refractivity contribution is -0.136. The van der Waals surface area contributed by atoms with Crippen molar-refractivity contribution in [3.8, 4) is 11.1 Å². The predicted molar refractivity (Wildman–Crippen MR) is 101 cm³/mol. The zero-order valence-electron chi connectivity index (χ0n) is 15.7. The third kappa shape index (κ3) is 3.73. The summed E-state index contributed by atoms with van der Waals surface area (Å²) >= 11 is 0. The molecule has 29 heavy (non-hydrogen) atoms. The highest BCUT2D eigenvalue weighted by atomic mass is 19.4. The van der Waals surface area contributed by atoms with E-state index in [1.54, 1.807) is 0 Å². The second-order valence-corrected chi connectivity index (χ2v) is 6.58. The molecule has 0 saturated carbocycles. The summed E-state index contributed by atoms with van der Waals surface area (Å²) in [6, 6.07) is 6.48. The predicted octanol–water partition coefficient (Wildman–Crippen LogP) is 4.72. The Kier molecular flexibility index (Phi) is 4.95. The molecule has 0 radical (unpaired) electrons. The summed E-state index contributed by atoms with van der Waals surface area (Å²) in [7, 11) is 2.84. The molecule has 0 fully saturated rings. The SMILES string of the molecule is Cc1[nH]c2ncc(-c3ccc(N(C(=O)O)C(=O)N(C)C)cc3)cc2c1C(F)(F)F. The number of carbonyl (C=O) groups is 2. The number of H-pyrrole nitrogens is 1. The van der Waals surface area contributed by atoms with Crippen molar-refractivity contribution in [2.24, 2.45) is 0 Å². The van der Waals surface area contributed by atoms with Gasteiger partial charge in [0.1, 0.15) is 5.65 Å². The van der Waals surface area contributed by atoms with Crippen LogP contribution in [0.2, 0.25) is 0 Å². The van der Waals surface area contributed by atoms with E-state index in [-0.39, 0.29) is 22.4 Å². The van der Waals surface area contributed by atoms with Crippen LogP contribution in [-0.4, -0.2) is 46.2 Å². The van der Waals surface area contributed by atoms with E-state index < -0.39 is 23.9 Å². The van der Waals surface area contributed by atoms with E-state index in [9.17, 15) is 27.9 Å². The molecule has 0 bridgehead atoms. The Labute approximate surface area is 163 Å². The lowest BCUT2D eigenvalue weighted by Crippen LogP contribution is -2.42. The van der Waals surface area contributed by atoms with E-state index in [1.807, 2.05) is 0 Å². The number of nitrogens with one attached hydrogen (secondary N) is 1. The molecule has 0 atom stereocenters. The van der Waals surface area contributed by atoms with E-state index >= 15 is 0 Å². The number of anilines is 1. The van der Waals surface area contributed by atoms with Gasteiger partial charge in [-0.2, -0.15) is 18.1 Å². The van der Waals surface area contributed by atoms with Crippen LogP contribution in [0, 0.1) is 6.92 Å². The van der Waals surface area contributed by atoms with Crippen LogP contribution in [0.25, 0.3) is 22.2 Å². The number of aromatic amines is 1. The van der Waals surface area contributed by atoms with Crippen molar-refractivity contribution >= 4 is 28.8 Å². The fourth-order valence-electron chi connectivity index (χ4n) is 3.03. The van der Waals surface area contributed by atoms with Crippen molar-refractivity contribution in [3.63, 3.8) is 0 Å². The summed E-state index contributed by atoms with van der Waals surface area (Å²) in [5, 5.41) is 9.27. The van der Waals surface area contributed by atoms with Crippen molar-refractivity contribution < 1.29 is 27.9 Å². The molecule has 2 N–H and O–H groups in total. The summed E-state index contributed by atoms with van der Waals surface area (Å²) in [6.07, 6.45) is -4.55. The van der Waals surface area contributed by atoms with Crippen LogP contribution in [0.5, 0.6) is 0 Å². The first kappa shape index (κ1) is 20.2. The number of urea groups is 1. The number of fused-ring (bicyclic) bond motifs is 1. The lowest BCUT2D eigenvalue weighted by Gasteiger charge is -2.21. The molecule has 3 rings (SSSR count). The van der Waals surface area contributed by atoms with Crippen molar-refractivity contribution in [1.29, 1.82) is 0 Å². The van der Waals surface area contributed by atoms with Crippen LogP contribution in [0.1, 0.15) is 11.3 Å². The van der Waals surface area contributed by atoms with Crippen LogP contribution < -0.4 is 4.90 Å². The quantitative estimate of drug-likeness (QED) is 0.644. The van der Waals surface area contributed by atoms with Crippen LogP contribution in [0.15, 0.2) is 36.5 Å². The number of aryl methyl sites for hydroxylation is 1. The van der Waals surface area contributed by atoms with Crippen molar-refractivity contribution in [1.82, 2.24) is 14.9 Å². The van der Waals surface area contributed by atoms with Gasteiger partial charge in [-0.25, -0.2) is 14.6 Å². The molecule has 2 aromatic heterocycles. The highest BCUT2D eigenvalue weighted by Crippen LogP contribution is 2.38. The Morgan fingerprint density at radius 1 is 1.10 bits per heavy atom. The molecule has 0 aliphatic rings. The second-order valence-electron chi connectivity index (χ2n) is 6.58. The largest absolute Gasteiger partial charge is 0.464 e. The lowest BCUT2D eigenvalue weighted by atomic mass is 10.0. The summed E-state index contributed by atoms with van der Waals surface area (Å²) in [6.45, 7) is 1.33. The number of hydrogen-bond acceptors (Lipinski definition) is 3. The van der Waals surface area contributed by atoms with Gasteiger partial charge in [0.2, 0.25) is 0 Å². The van der Waals surface area contributed by atoms with Gasteiger partial charge in [0.05, 0.1) is 11.3 Å². The number of carboxylic acid groups (broad SMARTS) is 1. The molecule has 7 nitrogen and oxygen atoms in total. The minimum absolute atomic E-state index is 0.0215. The maximum atomic E-state index is 13.4. The summed E-state index contributed by atoms with van der Waals surface area (Å²) in [5.74, 6) is 0. The summed E-state index contributed by atoms with van der Waals surface area (Å²) in [5.41, 5.74) is 0.400. The van der Waals surface area contributed by atoms with Gasteiger partial charge in [-0.05, 0) is 30.7 Å². The minimum Gasteiger partial charge on any atom is -0.464 e. The number of aromatic nitrogens is 2. The van der Waals surface area contributed by atoms with E-state index in [0.29, 0.717) is 16.0 Å². The van der Waals surface area contributed by atoms with Crippen molar-refractivity contribution in [2.45, 2.75) is 13.1 Å². The first-order valence-corrected chi connectivity index (χ1v) is 8.41. The van der Waals surface area contributed by atoms with Gasteiger partial charge < -0.3 is 15.0 Å². The number of hydrogen-bond donors (Lipinski definition) is 2. The molecular formula is C19H17F3N4O3. The molecule has 3 amide bonds. The van der Waals surface area contributed by atoms with Gasteiger partial charge in [0, 0.05) is 36.9 Å². The number of rotatable bonds is 2. The second kappa shape index (κ2) is 7.12. The molecule has 0 spiro atoms. The monoisotopic (exact) mass is 406 g/mol. The number of pyridine rings is 1. The van der Waals surface area contributed by atoms with Gasteiger partial charge in [-0.15, -0.1) is 0 Å². The molecule has 2 heterocycles. The highest BCUT2D eigenvalue weighted by Gasteiger charge is 2.36. The number of carbonyl (C=O) groups excluding carboxylic acids is 1. The van der Waals surface area contributed by atoms with Gasteiger partial charge in [0.25, 0.3) is 0 Å². The fraction of sp³-hybridized carbons (Fsp3) is 0.211.